The first kappa shape index (κ1) is 11.7. The van der Waals surface area contributed by atoms with Gasteiger partial charge in [0.15, 0.2) is 0 Å². The second-order valence-corrected chi connectivity index (χ2v) is 1.92. The molecule has 0 radical (unpaired) electrons. The summed E-state index contributed by atoms with van der Waals surface area (Å²) >= 11 is 0. The van der Waals surface area contributed by atoms with E-state index in [0.29, 0.717) is 11.6 Å². The zero-order valence-corrected chi connectivity index (χ0v) is 8.09. The molecule has 0 aliphatic rings. The van der Waals surface area contributed by atoms with Crippen LogP contribution in [0.25, 0.3) is 0 Å². The molecule has 0 aromatic carbocycles. The van der Waals surface area contributed by atoms with E-state index >= 15 is 0 Å². The number of hydrazine groups is 1. The fourth-order valence-electron chi connectivity index (χ4n) is 0.704. The predicted molar refractivity (Wildman–Crippen MR) is 50.2 cm³/mol. The molecule has 1 aromatic rings. The van der Waals surface area contributed by atoms with Crippen molar-refractivity contribution in [2.24, 2.45) is 5.84 Å². The lowest BCUT2D eigenvalue weighted by Gasteiger charge is -2.06. The Balaban J connectivity index is 0.00000144. The minimum absolute atomic E-state index is 0. The van der Waals surface area contributed by atoms with Gasteiger partial charge < -0.3 is 14.9 Å². The third kappa shape index (κ3) is 2.60. The van der Waals surface area contributed by atoms with Crippen molar-refractivity contribution in [1.29, 1.82) is 0 Å². The van der Waals surface area contributed by atoms with E-state index in [9.17, 15) is 0 Å². The number of hydrogen-bond donors (Lipinski definition) is 2. The first-order valence-corrected chi connectivity index (χ1v) is 3.23. The number of rotatable bonds is 3. The van der Waals surface area contributed by atoms with Crippen LogP contribution in [0.1, 0.15) is 0 Å². The SMILES string of the molecule is COc1ncc(NN)c(OC)n1.Cl. The van der Waals surface area contributed by atoms with Crippen molar-refractivity contribution in [1.82, 2.24) is 9.97 Å². The predicted octanol–water partition coefficient (Wildman–Crippen LogP) is 0.201. The number of hydrogen-bond acceptors (Lipinski definition) is 6. The Morgan fingerprint density at radius 1 is 1.38 bits per heavy atom. The Hall–Kier alpha value is -1.27. The van der Waals surface area contributed by atoms with Crippen molar-refractivity contribution < 1.29 is 9.47 Å². The summed E-state index contributed by atoms with van der Waals surface area (Å²) in [5.74, 6) is 5.52. The van der Waals surface area contributed by atoms with Crippen molar-refractivity contribution in [2.75, 3.05) is 19.6 Å². The smallest absolute Gasteiger partial charge is 0.319 e. The van der Waals surface area contributed by atoms with Crippen molar-refractivity contribution in [2.45, 2.75) is 0 Å². The van der Waals surface area contributed by atoms with Crippen LogP contribution in [0.2, 0.25) is 0 Å². The zero-order chi connectivity index (χ0) is 8.97. The summed E-state index contributed by atoms with van der Waals surface area (Å²) < 4.78 is 9.69. The van der Waals surface area contributed by atoms with Gasteiger partial charge in [0.05, 0.1) is 20.4 Å². The molecule has 0 fully saturated rings. The van der Waals surface area contributed by atoms with Crippen LogP contribution in [0.5, 0.6) is 11.9 Å². The van der Waals surface area contributed by atoms with E-state index < -0.39 is 0 Å². The molecule has 1 aromatic heterocycles. The van der Waals surface area contributed by atoms with E-state index in [0.717, 1.165) is 0 Å². The van der Waals surface area contributed by atoms with Crippen molar-refractivity contribution in [3.63, 3.8) is 0 Å². The molecule has 0 saturated heterocycles. The summed E-state index contributed by atoms with van der Waals surface area (Å²) in [6.45, 7) is 0. The molecule has 1 rings (SSSR count). The molecule has 0 aliphatic heterocycles. The maximum absolute atomic E-state index is 5.17. The van der Waals surface area contributed by atoms with Gasteiger partial charge in [0.2, 0.25) is 5.88 Å². The summed E-state index contributed by atoms with van der Waals surface area (Å²) in [6.07, 6.45) is 1.48. The zero-order valence-electron chi connectivity index (χ0n) is 7.27. The molecule has 0 spiro atoms. The maximum Gasteiger partial charge on any atom is 0.319 e. The molecular weight excluding hydrogens is 196 g/mol. The van der Waals surface area contributed by atoms with Crippen LogP contribution < -0.4 is 20.7 Å². The molecule has 0 saturated carbocycles. The molecular formula is C6H11ClN4O2. The van der Waals surface area contributed by atoms with E-state index in [1.54, 1.807) is 0 Å². The Morgan fingerprint density at radius 2 is 2.08 bits per heavy atom. The van der Waals surface area contributed by atoms with Crippen molar-refractivity contribution >= 4 is 18.1 Å². The van der Waals surface area contributed by atoms with Crippen LogP contribution in [0.4, 0.5) is 5.69 Å². The van der Waals surface area contributed by atoms with Crippen LogP contribution in [0, 0.1) is 0 Å². The molecule has 7 heteroatoms. The highest BCUT2D eigenvalue weighted by molar-refractivity contribution is 5.85. The van der Waals surface area contributed by atoms with E-state index in [-0.39, 0.29) is 18.4 Å². The molecule has 6 nitrogen and oxygen atoms in total. The molecule has 3 N–H and O–H groups in total. The van der Waals surface area contributed by atoms with Gasteiger partial charge in [-0.1, -0.05) is 0 Å². The quantitative estimate of drug-likeness (QED) is 0.543. The molecule has 0 aliphatic carbocycles. The van der Waals surface area contributed by atoms with E-state index in [1.165, 1.54) is 20.4 Å². The van der Waals surface area contributed by atoms with Gasteiger partial charge in [0.1, 0.15) is 5.69 Å². The Labute approximate surface area is 81.8 Å². The molecule has 0 bridgehead atoms. The standard InChI is InChI=1S/C6H10N4O2.ClH/c1-11-5-4(10-7)3-8-6(9-5)12-2;/h3,10H,7H2,1-2H3;1H. The van der Waals surface area contributed by atoms with Gasteiger partial charge in [0.25, 0.3) is 0 Å². The summed E-state index contributed by atoms with van der Waals surface area (Å²) in [4.78, 5) is 7.70. The topological polar surface area (TPSA) is 82.3 Å². The minimum Gasteiger partial charge on any atom is -0.479 e. The lowest BCUT2D eigenvalue weighted by Crippen LogP contribution is -2.09. The van der Waals surface area contributed by atoms with Gasteiger partial charge in [-0.2, -0.15) is 4.98 Å². The number of nitrogen functional groups attached to an aromatic ring is 1. The number of nitrogens with two attached hydrogens (primary N) is 1. The first-order valence-electron chi connectivity index (χ1n) is 3.23. The fraction of sp³-hybridized carbons (Fsp3) is 0.333. The molecule has 1 heterocycles. The lowest BCUT2D eigenvalue weighted by atomic mass is 10.5. The monoisotopic (exact) mass is 206 g/mol. The Bertz CT molecular complexity index is 271. The maximum atomic E-state index is 5.17. The average Bonchev–Trinajstić information content (AvgIpc) is 2.16. The van der Waals surface area contributed by atoms with Gasteiger partial charge in [-0.15, -0.1) is 12.4 Å². The number of nitrogens with one attached hydrogen (secondary N) is 1. The normalized spacial score (nSPS) is 8.54. The second kappa shape index (κ2) is 5.39. The highest BCUT2D eigenvalue weighted by Crippen LogP contribution is 2.20. The van der Waals surface area contributed by atoms with Crippen LogP contribution in [-0.4, -0.2) is 24.2 Å². The van der Waals surface area contributed by atoms with Gasteiger partial charge in [-0.3, -0.25) is 5.84 Å². The summed E-state index contributed by atoms with van der Waals surface area (Å²) in [5.41, 5.74) is 2.90. The number of anilines is 1. The summed E-state index contributed by atoms with van der Waals surface area (Å²) in [6, 6.07) is 0.242. The third-order valence-corrected chi connectivity index (χ3v) is 1.26. The molecule has 0 amide bonds. The van der Waals surface area contributed by atoms with Gasteiger partial charge in [0, 0.05) is 0 Å². The van der Waals surface area contributed by atoms with Crippen LogP contribution in [0.15, 0.2) is 6.20 Å². The molecule has 0 unspecified atom stereocenters. The Morgan fingerprint density at radius 3 is 2.54 bits per heavy atom. The van der Waals surface area contributed by atoms with E-state index in [4.69, 9.17) is 15.3 Å². The van der Waals surface area contributed by atoms with E-state index in [1.807, 2.05) is 0 Å². The number of ether oxygens (including phenoxy) is 2. The number of aromatic nitrogens is 2. The lowest BCUT2D eigenvalue weighted by molar-refractivity contribution is 0.353. The van der Waals surface area contributed by atoms with E-state index in [2.05, 4.69) is 15.4 Å². The van der Waals surface area contributed by atoms with Crippen molar-refractivity contribution in [3.05, 3.63) is 6.20 Å². The van der Waals surface area contributed by atoms with Gasteiger partial charge >= 0.3 is 6.01 Å². The second-order valence-electron chi connectivity index (χ2n) is 1.92. The van der Waals surface area contributed by atoms with Crippen LogP contribution in [0.3, 0.4) is 0 Å². The van der Waals surface area contributed by atoms with Crippen LogP contribution >= 0.6 is 12.4 Å². The third-order valence-electron chi connectivity index (χ3n) is 1.26. The largest absolute Gasteiger partial charge is 0.479 e. The fourth-order valence-corrected chi connectivity index (χ4v) is 0.704. The van der Waals surface area contributed by atoms with Crippen molar-refractivity contribution in [3.8, 4) is 11.9 Å². The summed E-state index contributed by atoms with van der Waals surface area (Å²) in [7, 11) is 2.97. The first-order chi connectivity index (χ1) is 5.81. The minimum atomic E-state index is 0. The highest BCUT2D eigenvalue weighted by Gasteiger charge is 2.05. The van der Waals surface area contributed by atoms with Gasteiger partial charge in [-0.05, 0) is 0 Å². The number of halogens is 1. The molecule has 0 atom stereocenters. The highest BCUT2D eigenvalue weighted by atomic mass is 35.5. The average molecular weight is 207 g/mol. The molecule has 74 valence electrons. The number of nitrogens with zero attached hydrogens (tertiary/aromatic N) is 2. The molecule has 13 heavy (non-hydrogen) atoms. The Kier molecular flexibility index (Phi) is 4.86. The van der Waals surface area contributed by atoms with Crippen LogP contribution in [-0.2, 0) is 0 Å². The summed E-state index contributed by atoms with van der Waals surface area (Å²) in [5, 5.41) is 0. The van der Waals surface area contributed by atoms with Gasteiger partial charge in [-0.25, -0.2) is 4.98 Å². The number of methoxy groups -OCH3 is 2.